The highest BCUT2D eigenvalue weighted by Crippen LogP contribution is 2.22. The van der Waals surface area contributed by atoms with Crippen molar-refractivity contribution >= 4 is 5.97 Å². The molecule has 0 aliphatic rings. The van der Waals surface area contributed by atoms with Crippen LogP contribution < -0.4 is 0 Å². The molecule has 0 amide bonds. The van der Waals surface area contributed by atoms with E-state index >= 15 is 0 Å². The zero-order chi connectivity index (χ0) is 10.8. The lowest BCUT2D eigenvalue weighted by atomic mass is 9.88. The van der Waals surface area contributed by atoms with E-state index in [1.165, 1.54) is 6.33 Å². The van der Waals surface area contributed by atoms with Crippen LogP contribution in [0.25, 0.3) is 0 Å². The number of rotatable bonds is 2. The molecule has 0 saturated carbocycles. The summed E-state index contributed by atoms with van der Waals surface area (Å²) in [4.78, 5) is 18.6. The Labute approximate surface area is 83.0 Å². The average molecular weight is 194 g/mol. The fourth-order valence-electron chi connectivity index (χ4n) is 1.33. The van der Waals surface area contributed by atoms with Gasteiger partial charge in [0.05, 0.1) is 12.1 Å². The van der Waals surface area contributed by atoms with Crippen LogP contribution in [0.15, 0.2) is 12.5 Å². The van der Waals surface area contributed by atoms with E-state index in [1.54, 1.807) is 6.20 Å². The van der Waals surface area contributed by atoms with E-state index in [0.717, 1.165) is 5.69 Å². The van der Waals surface area contributed by atoms with E-state index in [4.69, 9.17) is 5.11 Å². The van der Waals surface area contributed by atoms with Crippen molar-refractivity contribution in [2.45, 2.75) is 32.6 Å². The third-order valence-electron chi connectivity index (χ3n) is 1.84. The zero-order valence-electron chi connectivity index (χ0n) is 8.61. The zero-order valence-corrected chi connectivity index (χ0v) is 8.61. The Morgan fingerprint density at radius 3 is 2.64 bits per heavy atom. The van der Waals surface area contributed by atoms with Gasteiger partial charge in [-0.2, -0.15) is 0 Å². The van der Waals surface area contributed by atoms with Crippen LogP contribution in [-0.2, 0) is 16.6 Å². The number of aromatic nitrogens is 2. The van der Waals surface area contributed by atoms with Crippen LogP contribution in [-0.4, -0.2) is 21.0 Å². The average Bonchev–Trinajstić information content (AvgIpc) is 2.01. The summed E-state index contributed by atoms with van der Waals surface area (Å²) in [5.74, 6) is -0.856. The van der Waals surface area contributed by atoms with Gasteiger partial charge < -0.3 is 5.11 Å². The highest BCUT2D eigenvalue weighted by Gasteiger charge is 2.20. The molecular formula is C10H14N2O2. The Balaban J connectivity index is 3.10. The molecule has 0 unspecified atom stereocenters. The molecule has 1 heterocycles. The summed E-state index contributed by atoms with van der Waals surface area (Å²) in [6.45, 7) is 6.00. The Hall–Kier alpha value is -1.45. The Bertz CT molecular complexity index is 342. The number of nitrogens with zero attached hydrogens (tertiary/aromatic N) is 2. The Kier molecular flexibility index (Phi) is 2.84. The first kappa shape index (κ1) is 10.6. The summed E-state index contributed by atoms with van der Waals surface area (Å²) in [5.41, 5.74) is 1.34. The lowest BCUT2D eigenvalue weighted by molar-refractivity contribution is -0.136. The second-order valence-corrected chi connectivity index (χ2v) is 4.22. The van der Waals surface area contributed by atoms with Gasteiger partial charge in [-0.25, -0.2) is 9.97 Å². The van der Waals surface area contributed by atoms with E-state index in [-0.39, 0.29) is 11.8 Å². The number of carboxylic acid groups (broad SMARTS) is 1. The first-order chi connectivity index (χ1) is 6.41. The number of carboxylic acids is 1. The van der Waals surface area contributed by atoms with Crippen molar-refractivity contribution in [3.8, 4) is 0 Å². The van der Waals surface area contributed by atoms with Crippen molar-refractivity contribution in [3.63, 3.8) is 0 Å². The standard InChI is InChI=1S/C10H14N2O2/c1-10(2,3)9-7(4-8(13)14)5-11-6-12-9/h5-6H,4H2,1-3H3,(H,13,14). The molecule has 0 aromatic carbocycles. The van der Waals surface area contributed by atoms with Crippen molar-refractivity contribution in [3.05, 3.63) is 23.8 Å². The summed E-state index contributed by atoms with van der Waals surface area (Å²) >= 11 is 0. The second-order valence-electron chi connectivity index (χ2n) is 4.22. The minimum atomic E-state index is -0.856. The van der Waals surface area contributed by atoms with Crippen molar-refractivity contribution in [2.24, 2.45) is 0 Å². The van der Waals surface area contributed by atoms with Gasteiger partial charge >= 0.3 is 5.97 Å². The summed E-state index contributed by atoms with van der Waals surface area (Å²) in [6, 6.07) is 0. The number of hydrogen-bond acceptors (Lipinski definition) is 3. The maximum Gasteiger partial charge on any atom is 0.307 e. The lowest BCUT2D eigenvalue weighted by Gasteiger charge is -2.19. The van der Waals surface area contributed by atoms with Crippen LogP contribution in [0.3, 0.4) is 0 Å². The van der Waals surface area contributed by atoms with Gasteiger partial charge in [0.15, 0.2) is 0 Å². The molecule has 0 bridgehead atoms. The molecule has 4 nitrogen and oxygen atoms in total. The van der Waals surface area contributed by atoms with Gasteiger partial charge in [0, 0.05) is 17.2 Å². The van der Waals surface area contributed by atoms with Gasteiger partial charge in [-0.05, 0) is 0 Å². The quantitative estimate of drug-likeness (QED) is 0.773. The van der Waals surface area contributed by atoms with Crippen molar-refractivity contribution in [1.82, 2.24) is 9.97 Å². The van der Waals surface area contributed by atoms with E-state index < -0.39 is 5.97 Å². The van der Waals surface area contributed by atoms with Gasteiger partial charge in [-0.3, -0.25) is 4.79 Å². The minimum absolute atomic E-state index is 0.0204. The van der Waals surface area contributed by atoms with Gasteiger partial charge in [0.1, 0.15) is 6.33 Å². The van der Waals surface area contributed by atoms with Gasteiger partial charge in [0.2, 0.25) is 0 Å². The highest BCUT2D eigenvalue weighted by atomic mass is 16.4. The maximum atomic E-state index is 10.6. The molecule has 1 N–H and O–H groups in total. The van der Waals surface area contributed by atoms with Crippen LogP contribution in [0.1, 0.15) is 32.0 Å². The number of carbonyl (C=O) groups is 1. The Morgan fingerprint density at radius 2 is 2.14 bits per heavy atom. The molecular weight excluding hydrogens is 180 g/mol. The molecule has 0 fully saturated rings. The molecule has 1 aromatic heterocycles. The molecule has 0 radical (unpaired) electrons. The van der Waals surface area contributed by atoms with E-state index in [2.05, 4.69) is 9.97 Å². The predicted octanol–water partition coefficient (Wildman–Crippen LogP) is 1.40. The molecule has 14 heavy (non-hydrogen) atoms. The second kappa shape index (κ2) is 3.74. The van der Waals surface area contributed by atoms with E-state index in [9.17, 15) is 4.79 Å². The molecule has 76 valence electrons. The first-order valence-electron chi connectivity index (χ1n) is 4.42. The summed E-state index contributed by atoms with van der Waals surface area (Å²) in [7, 11) is 0. The monoisotopic (exact) mass is 194 g/mol. The van der Waals surface area contributed by atoms with Crippen molar-refractivity contribution in [2.75, 3.05) is 0 Å². The third-order valence-corrected chi connectivity index (χ3v) is 1.84. The van der Waals surface area contributed by atoms with Crippen LogP contribution in [0.4, 0.5) is 0 Å². The molecule has 0 spiro atoms. The minimum Gasteiger partial charge on any atom is -0.481 e. The molecule has 0 aliphatic heterocycles. The van der Waals surface area contributed by atoms with Crippen molar-refractivity contribution < 1.29 is 9.90 Å². The van der Waals surface area contributed by atoms with Crippen LogP contribution in [0, 0.1) is 0 Å². The molecule has 0 saturated heterocycles. The Morgan fingerprint density at radius 1 is 1.50 bits per heavy atom. The van der Waals surface area contributed by atoms with Crippen molar-refractivity contribution in [1.29, 1.82) is 0 Å². The summed E-state index contributed by atoms with van der Waals surface area (Å²) < 4.78 is 0. The highest BCUT2D eigenvalue weighted by molar-refractivity contribution is 5.70. The van der Waals surface area contributed by atoms with Crippen LogP contribution in [0.2, 0.25) is 0 Å². The molecule has 0 atom stereocenters. The fraction of sp³-hybridized carbons (Fsp3) is 0.500. The topological polar surface area (TPSA) is 63.1 Å². The molecule has 1 aromatic rings. The first-order valence-corrected chi connectivity index (χ1v) is 4.42. The predicted molar refractivity (Wildman–Crippen MR) is 52.1 cm³/mol. The van der Waals surface area contributed by atoms with Crippen LogP contribution in [0.5, 0.6) is 0 Å². The lowest BCUT2D eigenvalue weighted by Crippen LogP contribution is -2.18. The third kappa shape index (κ3) is 2.52. The number of aliphatic carboxylic acids is 1. The maximum absolute atomic E-state index is 10.6. The van der Waals surface area contributed by atoms with E-state index in [1.807, 2.05) is 20.8 Å². The van der Waals surface area contributed by atoms with Gasteiger partial charge in [-0.1, -0.05) is 20.8 Å². The molecule has 0 aliphatic carbocycles. The normalized spacial score (nSPS) is 11.4. The van der Waals surface area contributed by atoms with Crippen LogP contribution >= 0.6 is 0 Å². The smallest absolute Gasteiger partial charge is 0.307 e. The summed E-state index contributed by atoms with van der Waals surface area (Å²) in [6.07, 6.45) is 3.00. The van der Waals surface area contributed by atoms with Gasteiger partial charge in [0.25, 0.3) is 0 Å². The fourth-order valence-corrected chi connectivity index (χ4v) is 1.33. The SMILES string of the molecule is CC(C)(C)c1ncncc1CC(=O)O. The largest absolute Gasteiger partial charge is 0.481 e. The summed E-state index contributed by atoms with van der Waals surface area (Å²) in [5, 5.41) is 8.70. The molecule has 1 rings (SSSR count). The van der Waals surface area contributed by atoms with Gasteiger partial charge in [-0.15, -0.1) is 0 Å². The number of hydrogen-bond donors (Lipinski definition) is 1. The molecule has 4 heteroatoms. The van der Waals surface area contributed by atoms with E-state index in [0.29, 0.717) is 5.56 Å².